The van der Waals surface area contributed by atoms with Crippen molar-refractivity contribution in [3.63, 3.8) is 0 Å². The van der Waals surface area contributed by atoms with Gasteiger partial charge >= 0.3 is 0 Å². The normalized spacial score (nSPS) is 11.6. The van der Waals surface area contributed by atoms with E-state index in [2.05, 4.69) is 12.2 Å². The van der Waals surface area contributed by atoms with E-state index in [0.717, 1.165) is 24.2 Å². The predicted octanol–water partition coefficient (Wildman–Crippen LogP) is 5.22. The molecule has 1 N–H and O–H groups in total. The van der Waals surface area contributed by atoms with Crippen LogP contribution in [0.15, 0.2) is 60.7 Å². The molecule has 2 amide bonds. The summed E-state index contributed by atoms with van der Waals surface area (Å²) in [6.45, 7) is 4.19. The number of nitrogens with one attached hydrogen (secondary N) is 1. The highest BCUT2D eigenvalue weighted by Crippen LogP contribution is 2.26. The summed E-state index contributed by atoms with van der Waals surface area (Å²) in [6, 6.07) is 19.2. The van der Waals surface area contributed by atoms with E-state index >= 15 is 0 Å². The Kier molecular flexibility index (Phi) is 8.56. The standard InChI is InChI=1S/C23H30N2O2/c1-3-4-7-12-19(2)24-22(26)17-18-23(27)25(20-13-8-5-9-14-20)21-15-10-6-11-16-21/h5-6,8-11,13-16,19H,3-4,7,12,17-18H2,1-2H3,(H,24,26)/t19-/m0/s1. The third-order valence-electron chi connectivity index (χ3n) is 4.49. The molecule has 4 heteroatoms. The van der Waals surface area contributed by atoms with Crippen LogP contribution in [0.2, 0.25) is 0 Å². The molecule has 4 nitrogen and oxygen atoms in total. The lowest BCUT2D eigenvalue weighted by Gasteiger charge is -2.23. The summed E-state index contributed by atoms with van der Waals surface area (Å²) in [6.07, 6.45) is 4.83. The van der Waals surface area contributed by atoms with Crippen LogP contribution in [0.4, 0.5) is 11.4 Å². The van der Waals surface area contributed by atoms with Crippen molar-refractivity contribution in [2.75, 3.05) is 4.90 Å². The lowest BCUT2D eigenvalue weighted by atomic mass is 10.1. The van der Waals surface area contributed by atoms with Gasteiger partial charge in [-0.15, -0.1) is 0 Å². The van der Waals surface area contributed by atoms with E-state index in [1.807, 2.05) is 67.6 Å². The molecule has 0 fully saturated rings. The van der Waals surface area contributed by atoms with E-state index < -0.39 is 0 Å². The average molecular weight is 367 g/mol. The Labute approximate surface area is 162 Å². The Hall–Kier alpha value is -2.62. The zero-order chi connectivity index (χ0) is 19.5. The van der Waals surface area contributed by atoms with Crippen LogP contribution in [0.3, 0.4) is 0 Å². The molecule has 144 valence electrons. The largest absolute Gasteiger partial charge is 0.354 e. The van der Waals surface area contributed by atoms with Crippen LogP contribution >= 0.6 is 0 Å². The van der Waals surface area contributed by atoms with Crippen LogP contribution in [0.5, 0.6) is 0 Å². The van der Waals surface area contributed by atoms with E-state index in [-0.39, 0.29) is 30.7 Å². The molecule has 0 radical (unpaired) electrons. The van der Waals surface area contributed by atoms with Gasteiger partial charge in [-0.05, 0) is 37.6 Å². The number of anilines is 2. The van der Waals surface area contributed by atoms with Crippen LogP contribution in [-0.4, -0.2) is 17.9 Å². The van der Waals surface area contributed by atoms with E-state index in [1.54, 1.807) is 4.90 Å². The van der Waals surface area contributed by atoms with Gasteiger partial charge in [-0.25, -0.2) is 0 Å². The number of unbranched alkanes of at least 4 members (excludes halogenated alkanes) is 2. The fraction of sp³-hybridized carbons (Fsp3) is 0.391. The minimum absolute atomic E-state index is 0.0616. The van der Waals surface area contributed by atoms with Gasteiger partial charge in [0, 0.05) is 30.3 Å². The highest BCUT2D eigenvalue weighted by atomic mass is 16.2. The van der Waals surface area contributed by atoms with E-state index in [0.29, 0.717) is 0 Å². The van der Waals surface area contributed by atoms with Gasteiger partial charge in [-0.3, -0.25) is 14.5 Å². The molecule has 2 rings (SSSR count). The topological polar surface area (TPSA) is 49.4 Å². The van der Waals surface area contributed by atoms with E-state index in [4.69, 9.17) is 0 Å². The third-order valence-corrected chi connectivity index (χ3v) is 4.49. The van der Waals surface area contributed by atoms with Gasteiger partial charge in [-0.2, -0.15) is 0 Å². The van der Waals surface area contributed by atoms with Crippen molar-refractivity contribution in [3.05, 3.63) is 60.7 Å². The van der Waals surface area contributed by atoms with Gasteiger partial charge in [0.1, 0.15) is 0 Å². The summed E-state index contributed by atoms with van der Waals surface area (Å²) in [7, 11) is 0. The maximum absolute atomic E-state index is 12.9. The Morgan fingerprint density at radius 1 is 0.889 bits per heavy atom. The number of carbonyl (C=O) groups excluding carboxylic acids is 2. The molecule has 0 saturated carbocycles. The molecule has 27 heavy (non-hydrogen) atoms. The van der Waals surface area contributed by atoms with Crippen molar-refractivity contribution in [2.24, 2.45) is 0 Å². The Balaban J connectivity index is 1.95. The van der Waals surface area contributed by atoms with Gasteiger partial charge in [0.2, 0.25) is 11.8 Å². The van der Waals surface area contributed by atoms with Crippen molar-refractivity contribution >= 4 is 23.2 Å². The fourth-order valence-corrected chi connectivity index (χ4v) is 3.04. The maximum atomic E-state index is 12.9. The third kappa shape index (κ3) is 6.89. The molecule has 0 aliphatic rings. The van der Waals surface area contributed by atoms with Gasteiger partial charge in [0.15, 0.2) is 0 Å². The van der Waals surface area contributed by atoms with Crippen LogP contribution in [0.25, 0.3) is 0 Å². The fourth-order valence-electron chi connectivity index (χ4n) is 3.04. The van der Waals surface area contributed by atoms with Gasteiger partial charge in [-0.1, -0.05) is 62.6 Å². The van der Waals surface area contributed by atoms with Gasteiger partial charge in [0.05, 0.1) is 0 Å². The first-order valence-corrected chi connectivity index (χ1v) is 9.84. The molecule has 0 aliphatic carbocycles. The lowest BCUT2D eigenvalue weighted by molar-refractivity contribution is -0.125. The summed E-state index contributed by atoms with van der Waals surface area (Å²) in [5.74, 6) is -0.144. The first-order chi connectivity index (χ1) is 13.1. The first kappa shape index (κ1) is 20.7. The highest BCUT2D eigenvalue weighted by molar-refractivity contribution is 6.01. The van der Waals surface area contributed by atoms with Crippen molar-refractivity contribution in [1.82, 2.24) is 5.32 Å². The Bertz CT molecular complexity index is 661. The molecule has 0 aliphatic heterocycles. The Morgan fingerprint density at radius 3 is 1.96 bits per heavy atom. The van der Waals surface area contributed by atoms with Crippen molar-refractivity contribution in [3.8, 4) is 0 Å². The maximum Gasteiger partial charge on any atom is 0.232 e. The number of amides is 2. The first-order valence-electron chi connectivity index (χ1n) is 9.84. The number of benzene rings is 2. The molecule has 2 aromatic carbocycles. The lowest BCUT2D eigenvalue weighted by Crippen LogP contribution is -2.34. The monoisotopic (exact) mass is 366 g/mol. The highest BCUT2D eigenvalue weighted by Gasteiger charge is 2.19. The smallest absolute Gasteiger partial charge is 0.232 e. The van der Waals surface area contributed by atoms with Crippen LogP contribution in [0.1, 0.15) is 52.4 Å². The summed E-state index contributed by atoms with van der Waals surface area (Å²) in [5.41, 5.74) is 1.61. The molecule has 0 bridgehead atoms. The molecule has 2 aromatic rings. The summed E-state index contributed by atoms with van der Waals surface area (Å²) in [4.78, 5) is 26.8. The SMILES string of the molecule is CCCCC[C@H](C)NC(=O)CCC(=O)N(c1ccccc1)c1ccccc1. The van der Waals surface area contributed by atoms with E-state index in [1.165, 1.54) is 12.8 Å². The number of carbonyl (C=O) groups is 2. The molecular weight excluding hydrogens is 336 g/mol. The van der Waals surface area contributed by atoms with Gasteiger partial charge < -0.3 is 5.32 Å². The zero-order valence-electron chi connectivity index (χ0n) is 16.4. The van der Waals surface area contributed by atoms with Crippen molar-refractivity contribution in [2.45, 2.75) is 58.4 Å². The zero-order valence-corrected chi connectivity index (χ0v) is 16.4. The molecule has 0 spiro atoms. The second kappa shape index (κ2) is 11.2. The number of para-hydroxylation sites is 2. The van der Waals surface area contributed by atoms with Crippen LogP contribution in [-0.2, 0) is 9.59 Å². The quantitative estimate of drug-likeness (QED) is 0.586. The molecule has 0 saturated heterocycles. The summed E-state index contributed by atoms with van der Waals surface area (Å²) in [5, 5.41) is 3.00. The molecular formula is C23H30N2O2. The summed E-state index contributed by atoms with van der Waals surface area (Å²) < 4.78 is 0. The predicted molar refractivity (Wildman–Crippen MR) is 111 cm³/mol. The van der Waals surface area contributed by atoms with Gasteiger partial charge in [0.25, 0.3) is 0 Å². The van der Waals surface area contributed by atoms with Crippen LogP contribution < -0.4 is 10.2 Å². The summed E-state index contributed by atoms with van der Waals surface area (Å²) >= 11 is 0. The van der Waals surface area contributed by atoms with Crippen LogP contribution in [0, 0.1) is 0 Å². The Morgan fingerprint density at radius 2 is 1.44 bits per heavy atom. The van der Waals surface area contributed by atoms with Crippen molar-refractivity contribution < 1.29 is 9.59 Å². The minimum Gasteiger partial charge on any atom is -0.354 e. The average Bonchev–Trinajstić information content (AvgIpc) is 2.68. The van der Waals surface area contributed by atoms with E-state index in [9.17, 15) is 9.59 Å². The molecule has 0 unspecified atom stereocenters. The number of rotatable bonds is 10. The number of hydrogen-bond acceptors (Lipinski definition) is 2. The molecule has 0 heterocycles. The second-order valence-corrected chi connectivity index (χ2v) is 6.86. The molecule has 0 aromatic heterocycles. The minimum atomic E-state index is -0.0822. The number of nitrogens with zero attached hydrogens (tertiary/aromatic N) is 1. The second-order valence-electron chi connectivity index (χ2n) is 6.86. The molecule has 1 atom stereocenters. The van der Waals surface area contributed by atoms with Crippen molar-refractivity contribution in [1.29, 1.82) is 0 Å². The number of hydrogen-bond donors (Lipinski definition) is 1.